The number of ether oxygens (including phenoxy) is 2. The van der Waals surface area contributed by atoms with Gasteiger partial charge >= 0.3 is 0 Å². The van der Waals surface area contributed by atoms with Gasteiger partial charge in [-0.05, 0) is 66.8 Å². The number of hydrogen-bond donors (Lipinski definition) is 2. The van der Waals surface area contributed by atoms with Crippen molar-refractivity contribution in [3.63, 3.8) is 0 Å². The molecule has 2 aliphatic heterocycles. The number of carbonyl (C=O) groups is 2. The fraction of sp³-hybridized carbons (Fsp3) is 0.459. The molecule has 2 N–H and O–H groups in total. The predicted octanol–water partition coefficient (Wildman–Crippen LogP) is 6.26. The van der Waals surface area contributed by atoms with E-state index < -0.39 is 0 Å². The van der Waals surface area contributed by atoms with Crippen molar-refractivity contribution in [2.24, 2.45) is 5.92 Å². The molecule has 2 saturated heterocycles. The molecule has 3 aliphatic rings. The highest BCUT2D eigenvalue weighted by Gasteiger charge is 2.31. The molecule has 0 aromatic heterocycles. The van der Waals surface area contributed by atoms with Crippen LogP contribution >= 0.6 is 0 Å². The lowest BCUT2D eigenvalue weighted by molar-refractivity contribution is -0.186. The highest BCUT2D eigenvalue weighted by Crippen LogP contribution is 2.28. The van der Waals surface area contributed by atoms with Gasteiger partial charge < -0.3 is 19.7 Å². The molecule has 6 rings (SSSR count). The SMILES string of the molecule is O=C(NOC1CCCCO1)c1ccc(/C=C(/CNC2CCN(C(=O)C3CCCCC3)C2)COc2cccc3ccccc23)cc1. The average molecular weight is 612 g/mol. The second-order valence-electron chi connectivity index (χ2n) is 12.5. The van der Waals surface area contributed by atoms with Gasteiger partial charge in [-0.1, -0.05) is 73.9 Å². The Labute approximate surface area is 266 Å². The third-order valence-corrected chi connectivity index (χ3v) is 9.20. The van der Waals surface area contributed by atoms with Crippen LogP contribution in [-0.2, 0) is 14.4 Å². The van der Waals surface area contributed by atoms with Crippen LogP contribution in [0.4, 0.5) is 0 Å². The van der Waals surface area contributed by atoms with E-state index in [4.69, 9.17) is 14.3 Å². The second kappa shape index (κ2) is 15.5. The maximum absolute atomic E-state index is 13.1. The van der Waals surface area contributed by atoms with Crippen molar-refractivity contribution in [2.45, 2.75) is 70.1 Å². The van der Waals surface area contributed by atoms with E-state index in [1.807, 2.05) is 36.4 Å². The second-order valence-corrected chi connectivity index (χ2v) is 12.5. The summed E-state index contributed by atoms with van der Waals surface area (Å²) in [6.07, 6.45) is 11.2. The number of carbonyl (C=O) groups excluding carboxylic acids is 2. The first-order valence-electron chi connectivity index (χ1n) is 16.6. The molecule has 45 heavy (non-hydrogen) atoms. The molecule has 3 aromatic rings. The maximum atomic E-state index is 13.1. The molecule has 2 atom stereocenters. The van der Waals surface area contributed by atoms with Crippen LogP contribution in [0.3, 0.4) is 0 Å². The lowest BCUT2D eigenvalue weighted by Gasteiger charge is -2.26. The molecule has 1 saturated carbocycles. The van der Waals surface area contributed by atoms with E-state index >= 15 is 0 Å². The topological polar surface area (TPSA) is 89.1 Å². The van der Waals surface area contributed by atoms with Gasteiger partial charge in [0.1, 0.15) is 12.4 Å². The Morgan fingerprint density at radius 3 is 2.51 bits per heavy atom. The minimum Gasteiger partial charge on any atom is -0.489 e. The first-order chi connectivity index (χ1) is 22.1. The van der Waals surface area contributed by atoms with E-state index in [0.717, 1.165) is 79.3 Å². The zero-order chi connectivity index (χ0) is 30.8. The van der Waals surface area contributed by atoms with E-state index in [9.17, 15) is 9.59 Å². The molecular formula is C37H45N3O5. The molecule has 3 fully saturated rings. The van der Waals surface area contributed by atoms with Crippen LogP contribution in [0.1, 0.15) is 73.7 Å². The van der Waals surface area contributed by atoms with Crippen LogP contribution in [0.5, 0.6) is 5.75 Å². The Bertz CT molecular complexity index is 1460. The molecule has 2 unspecified atom stereocenters. The third-order valence-electron chi connectivity index (χ3n) is 9.20. The van der Waals surface area contributed by atoms with Crippen LogP contribution in [0.2, 0.25) is 0 Å². The van der Waals surface area contributed by atoms with Crippen LogP contribution < -0.4 is 15.5 Å². The Hall–Kier alpha value is -3.72. The van der Waals surface area contributed by atoms with Crippen molar-refractivity contribution >= 4 is 28.7 Å². The van der Waals surface area contributed by atoms with Gasteiger partial charge in [0.05, 0.1) is 0 Å². The molecule has 2 amide bonds. The number of rotatable bonds is 11. The first kappa shape index (κ1) is 31.3. The van der Waals surface area contributed by atoms with Gasteiger partial charge in [0.15, 0.2) is 6.29 Å². The summed E-state index contributed by atoms with van der Waals surface area (Å²) in [6.45, 7) is 3.28. The molecule has 0 bridgehead atoms. The molecule has 1 aliphatic carbocycles. The summed E-state index contributed by atoms with van der Waals surface area (Å²) in [7, 11) is 0. The van der Waals surface area contributed by atoms with Gasteiger partial charge in [-0.3, -0.25) is 9.59 Å². The Morgan fingerprint density at radius 1 is 0.889 bits per heavy atom. The van der Waals surface area contributed by atoms with Gasteiger partial charge in [-0.2, -0.15) is 0 Å². The minimum absolute atomic E-state index is 0.208. The average Bonchev–Trinajstić information content (AvgIpc) is 3.58. The van der Waals surface area contributed by atoms with Gasteiger partial charge in [-0.15, -0.1) is 0 Å². The predicted molar refractivity (Wildman–Crippen MR) is 176 cm³/mol. The lowest BCUT2D eigenvalue weighted by Crippen LogP contribution is -2.39. The summed E-state index contributed by atoms with van der Waals surface area (Å²) in [5.74, 6) is 1.10. The summed E-state index contributed by atoms with van der Waals surface area (Å²) in [5.41, 5.74) is 5.10. The van der Waals surface area contributed by atoms with Gasteiger partial charge in [0, 0.05) is 55.6 Å². The number of hydroxylamine groups is 1. The van der Waals surface area contributed by atoms with E-state index in [0.29, 0.717) is 31.2 Å². The zero-order valence-electron chi connectivity index (χ0n) is 26.0. The van der Waals surface area contributed by atoms with Gasteiger partial charge in [-0.25, -0.2) is 10.3 Å². The molecule has 8 heteroatoms. The fourth-order valence-corrected chi connectivity index (χ4v) is 6.59. The van der Waals surface area contributed by atoms with Crippen molar-refractivity contribution in [3.8, 4) is 5.75 Å². The number of fused-ring (bicyclic) bond motifs is 1. The molecule has 0 spiro atoms. The lowest BCUT2D eigenvalue weighted by atomic mass is 9.88. The molecule has 0 radical (unpaired) electrons. The highest BCUT2D eigenvalue weighted by molar-refractivity contribution is 5.93. The summed E-state index contributed by atoms with van der Waals surface area (Å²) in [6, 6.07) is 22.1. The normalized spacial score (nSPS) is 21.2. The minimum atomic E-state index is -0.390. The van der Waals surface area contributed by atoms with Crippen molar-refractivity contribution in [1.29, 1.82) is 0 Å². The Morgan fingerprint density at radius 2 is 1.69 bits per heavy atom. The maximum Gasteiger partial charge on any atom is 0.274 e. The van der Waals surface area contributed by atoms with E-state index in [1.165, 1.54) is 19.3 Å². The summed E-state index contributed by atoms with van der Waals surface area (Å²) in [5, 5.41) is 5.92. The first-order valence-corrected chi connectivity index (χ1v) is 16.6. The van der Waals surface area contributed by atoms with Crippen LogP contribution in [0.25, 0.3) is 16.8 Å². The molecular weight excluding hydrogens is 566 g/mol. The monoisotopic (exact) mass is 611 g/mol. The zero-order valence-corrected chi connectivity index (χ0v) is 26.0. The van der Waals surface area contributed by atoms with Crippen LogP contribution in [0, 0.1) is 5.92 Å². The molecule has 8 nitrogen and oxygen atoms in total. The molecule has 238 valence electrons. The molecule has 3 aromatic carbocycles. The number of amides is 2. The van der Waals surface area contributed by atoms with Crippen LogP contribution in [0.15, 0.2) is 72.3 Å². The van der Waals surface area contributed by atoms with Gasteiger partial charge in [0.2, 0.25) is 5.91 Å². The largest absolute Gasteiger partial charge is 0.489 e. The fourth-order valence-electron chi connectivity index (χ4n) is 6.59. The van der Waals surface area contributed by atoms with Crippen LogP contribution in [-0.4, -0.2) is 61.9 Å². The smallest absolute Gasteiger partial charge is 0.274 e. The van der Waals surface area contributed by atoms with E-state index in [1.54, 1.807) is 12.1 Å². The summed E-state index contributed by atoms with van der Waals surface area (Å²) < 4.78 is 11.9. The number of nitrogens with zero attached hydrogens (tertiary/aromatic N) is 1. The number of likely N-dealkylation sites (tertiary alicyclic amines) is 1. The van der Waals surface area contributed by atoms with Crippen molar-refractivity contribution in [2.75, 3.05) is 32.8 Å². The standard InChI is InChI=1S/C37H45N3O5/c41-36(39-45-35-15-6-7-22-43-35)30-18-16-27(17-19-30)23-28(26-44-34-14-8-12-29-9-4-5-13-33(29)34)24-38-32-20-21-40(25-32)37(42)31-10-2-1-3-11-31/h4-5,8-9,12-14,16-19,23,31-32,35,38H,1-3,6-7,10-11,15,20-22,24-26H2,(H,39,41)/b28-23-. The van der Waals surface area contributed by atoms with Crippen molar-refractivity contribution in [1.82, 2.24) is 15.7 Å². The van der Waals surface area contributed by atoms with Gasteiger partial charge in [0.25, 0.3) is 5.91 Å². The highest BCUT2D eigenvalue weighted by atomic mass is 16.8. The van der Waals surface area contributed by atoms with E-state index in [-0.39, 0.29) is 24.2 Å². The number of hydrogen-bond acceptors (Lipinski definition) is 6. The van der Waals surface area contributed by atoms with Crippen molar-refractivity contribution < 1.29 is 23.9 Å². The Balaban J connectivity index is 1.10. The number of nitrogens with one attached hydrogen (secondary N) is 2. The third kappa shape index (κ3) is 8.51. The number of benzene rings is 3. The Kier molecular flexibility index (Phi) is 10.8. The quantitative estimate of drug-likeness (QED) is 0.249. The summed E-state index contributed by atoms with van der Waals surface area (Å²) >= 11 is 0. The van der Waals surface area contributed by atoms with Crippen molar-refractivity contribution in [3.05, 3.63) is 83.4 Å². The molecule has 2 heterocycles. The van der Waals surface area contributed by atoms with E-state index in [2.05, 4.69) is 40.0 Å². The summed E-state index contributed by atoms with van der Waals surface area (Å²) in [4.78, 5) is 33.3.